The molecule has 1 aliphatic rings. The highest BCUT2D eigenvalue weighted by molar-refractivity contribution is 7.92. The third-order valence-corrected chi connectivity index (χ3v) is 10.2. The number of hydrogen-bond acceptors (Lipinski definition) is 4. The number of rotatable bonds is 7. The summed E-state index contributed by atoms with van der Waals surface area (Å²) in [6.45, 7) is 8.41. The first kappa shape index (κ1) is 31.9. The summed E-state index contributed by atoms with van der Waals surface area (Å²) in [6, 6.07) is 28.7. The Balaban J connectivity index is 1.34. The Bertz CT molecular complexity index is 2020. The number of nitrogens with one attached hydrogen (secondary N) is 1. The van der Waals surface area contributed by atoms with Crippen LogP contribution in [0.4, 0.5) is 5.69 Å². The van der Waals surface area contributed by atoms with Crippen molar-refractivity contribution in [2.45, 2.75) is 52.0 Å². The van der Waals surface area contributed by atoms with Crippen LogP contribution in [0, 0.1) is 0 Å². The number of carbonyl (C=O) groups excluding carboxylic acids is 1. The van der Waals surface area contributed by atoms with Gasteiger partial charge in [-0.15, -0.1) is 0 Å². The topological polar surface area (TPSA) is 84.3 Å². The Labute approximate surface area is 280 Å². The van der Waals surface area contributed by atoms with E-state index in [4.69, 9.17) is 28.2 Å². The Morgan fingerprint density at radius 1 is 0.848 bits per heavy atom. The Hall–Kier alpha value is -4.11. The molecule has 1 atom stereocenters. The minimum Gasteiger partial charge on any atom is -0.303 e. The fourth-order valence-electron chi connectivity index (χ4n) is 5.70. The number of amides is 1. The van der Waals surface area contributed by atoms with E-state index in [1.54, 1.807) is 31.2 Å². The van der Waals surface area contributed by atoms with Gasteiger partial charge in [0.1, 0.15) is 11.9 Å². The summed E-state index contributed by atoms with van der Waals surface area (Å²) in [4.78, 5) is 17.3. The lowest BCUT2D eigenvalue weighted by Crippen LogP contribution is -2.35. The number of anilines is 1. The van der Waals surface area contributed by atoms with Crippen LogP contribution >= 0.6 is 23.2 Å². The van der Waals surface area contributed by atoms with Crippen molar-refractivity contribution < 1.29 is 13.2 Å². The average molecular weight is 674 g/mol. The summed E-state index contributed by atoms with van der Waals surface area (Å²) in [5, 5.41) is 1.02. The van der Waals surface area contributed by atoms with Crippen LogP contribution in [0.2, 0.25) is 10.0 Å². The van der Waals surface area contributed by atoms with Gasteiger partial charge in [0.2, 0.25) is 0 Å². The molecule has 10 heteroatoms. The zero-order valence-electron chi connectivity index (χ0n) is 26.0. The van der Waals surface area contributed by atoms with E-state index in [1.165, 1.54) is 5.56 Å². The maximum absolute atomic E-state index is 12.7. The van der Waals surface area contributed by atoms with E-state index in [-0.39, 0.29) is 5.41 Å². The van der Waals surface area contributed by atoms with Crippen LogP contribution in [0.15, 0.2) is 97.2 Å². The standard InChI is InChI=1S/C36H34Cl2N4O3S/c1-5-33-35(43)40-46(44,45)42(33)29-17-15-28(16-18-29)41-22-32(30-19-14-27(37)21-31(30)38)39-34(41)20-23-6-8-24(9-7-23)25-10-12-26(13-11-25)36(2,3)4/h6-19,21-22,33H,5,20H2,1-4H3,(H,40,43)/t33-/m1/s1. The largest absolute Gasteiger partial charge is 0.326 e. The van der Waals surface area contributed by atoms with Crippen LogP contribution in [0.1, 0.15) is 51.1 Å². The normalized spacial score (nSPS) is 16.1. The van der Waals surface area contributed by atoms with E-state index in [0.29, 0.717) is 34.3 Å². The molecule has 0 bridgehead atoms. The first-order valence-corrected chi connectivity index (χ1v) is 17.2. The van der Waals surface area contributed by atoms with Crippen molar-refractivity contribution >= 4 is 45.0 Å². The van der Waals surface area contributed by atoms with Crippen molar-refractivity contribution in [3.8, 4) is 28.1 Å². The molecule has 1 saturated heterocycles. The predicted molar refractivity (Wildman–Crippen MR) is 186 cm³/mol. The molecule has 5 aromatic rings. The number of benzene rings is 4. The number of nitrogens with zero attached hydrogens (tertiary/aromatic N) is 3. The third-order valence-electron chi connectivity index (χ3n) is 8.23. The fraction of sp³-hybridized carbons (Fsp3) is 0.222. The molecule has 7 nitrogen and oxygen atoms in total. The zero-order valence-corrected chi connectivity index (χ0v) is 28.3. The highest BCUT2D eigenvalue weighted by Gasteiger charge is 2.42. The zero-order chi connectivity index (χ0) is 32.8. The SMILES string of the molecule is CC[C@@H]1C(=O)NS(=O)(=O)N1c1ccc(-n2cc(-c3ccc(Cl)cc3Cl)nc2Cc2ccc(-c3ccc(C(C)(C)C)cc3)cc2)cc1. The van der Waals surface area contributed by atoms with Gasteiger partial charge in [0, 0.05) is 28.9 Å². The quantitative estimate of drug-likeness (QED) is 0.188. The van der Waals surface area contributed by atoms with Crippen LogP contribution in [-0.2, 0) is 26.8 Å². The first-order chi connectivity index (χ1) is 21.8. The van der Waals surface area contributed by atoms with Crippen LogP contribution in [-0.4, -0.2) is 29.9 Å². The van der Waals surface area contributed by atoms with Crippen molar-refractivity contribution in [2.24, 2.45) is 0 Å². The predicted octanol–water partition coefficient (Wildman–Crippen LogP) is 8.36. The number of imidazole rings is 1. The van der Waals surface area contributed by atoms with Crippen molar-refractivity contribution in [1.29, 1.82) is 0 Å². The van der Waals surface area contributed by atoms with Crippen molar-refractivity contribution in [3.05, 3.63) is 124 Å². The van der Waals surface area contributed by atoms with Gasteiger partial charge in [-0.05, 0) is 76.6 Å². The monoisotopic (exact) mass is 672 g/mol. The number of aromatic nitrogens is 2. The van der Waals surface area contributed by atoms with Crippen LogP contribution in [0.25, 0.3) is 28.1 Å². The van der Waals surface area contributed by atoms with Crippen LogP contribution in [0.3, 0.4) is 0 Å². The highest BCUT2D eigenvalue weighted by Crippen LogP contribution is 2.33. The van der Waals surface area contributed by atoms with Gasteiger partial charge >= 0.3 is 10.2 Å². The second kappa shape index (κ2) is 12.2. The summed E-state index contributed by atoms with van der Waals surface area (Å²) in [6.07, 6.45) is 2.80. The van der Waals surface area contributed by atoms with E-state index < -0.39 is 22.2 Å². The molecule has 1 amide bonds. The molecule has 4 aromatic carbocycles. The molecular weight excluding hydrogens is 639 g/mol. The first-order valence-electron chi connectivity index (χ1n) is 15.0. The Morgan fingerprint density at radius 2 is 1.46 bits per heavy atom. The average Bonchev–Trinajstić information content (AvgIpc) is 3.53. The summed E-state index contributed by atoms with van der Waals surface area (Å²) >= 11 is 12.7. The number of hydrogen-bond donors (Lipinski definition) is 1. The third kappa shape index (κ3) is 6.30. The molecule has 1 N–H and O–H groups in total. The Morgan fingerprint density at radius 3 is 2.04 bits per heavy atom. The second-order valence-electron chi connectivity index (χ2n) is 12.4. The number of carbonyl (C=O) groups is 1. The van der Waals surface area contributed by atoms with Gasteiger partial charge in [-0.1, -0.05) is 99.4 Å². The van der Waals surface area contributed by atoms with E-state index in [9.17, 15) is 13.2 Å². The summed E-state index contributed by atoms with van der Waals surface area (Å²) < 4.78 is 30.6. The van der Waals surface area contributed by atoms with Gasteiger partial charge < -0.3 is 4.57 Å². The summed E-state index contributed by atoms with van der Waals surface area (Å²) in [7, 11) is -3.96. The van der Waals surface area contributed by atoms with E-state index in [2.05, 4.69) is 74.0 Å². The minimum atomic E-state index is -3.96. The second-order valence-corrected chi connectivity index (χ2v) is 14.8. The van der Waals surface area contributed by atoms with Gasteiger partial charge in [0.05, 0.1) is 16.4 Å². The van der Waals surface area contributed by atoms with Gasteiger partial charge in [0.25, 0.3) is 5.91 Å². The lowest BCUT2D eigenvalue weighted by molar-refractivity contribution is -0.119. The molecule has 0 saturated carbocycles. The van der Waals surface area contributed by atoms with Gasteiger partial charge in [-0.3, -0.25) is 4.79 Å². The molecular formula is C36H34Cl2N4O3S. The molecule has 0 aliphatic carbocycles. The molecule has 1 aliphatic heterocycles. The summed E-state index contributed by atoms with van der Waals surface area (Å²) in [5.74, 6) is 0.244. The van der Waals surface area contributed by atoms with E-state index in [1.807, 2.05) is 29.0 Å². The maximum Gasteiger partial charge on any atom is 0.326 e. The van der Waals surface area contributed by atoms with Gasteiger partial charge in [0.15, 0.2) is 0 Å². The van der Waals surface area contributed by atoms with Crippen LogP contribution < -0.4 is 9.03 Å². The van der Waals surface area contributed by atoms with Crippen LogP contribution in [0.5, 0.6) is 0 Å². The molecule has 0 unspecified atom stereocenters. The molecule has 1 fully saturated rings. The van der Waals surface area contributed by atoms with Crippen molar-refractivity contribution in [2.75, 3.05) is 4.31 Å². The lowest BCUT2D eigenvalue weighted by atomic mass is 9.86. The van der Waals surface area contributed by atoms with Crippen molar-refractivity contribution in [1.82, 2.24) is 14.3 Å². The van der Waals surface area contributed by atoms with Gasteiger partial charge in [-0.2, -0.15) is 8.42 Å². The maximum atomic E-state index is 12.7. The Kier molecular flexibility index (Phi) is 8.48. The molecule has 236 valence electrons. The van der Waals surface area contributed by atoms with Gasteiger partial charge in [-0.25, -0.2) is 14.0 Å². The minimum absolute atomic E-state index is 0.0970. The molecule has 1 aromatic heterocycles. The van der Waals surface area contributed by atoms with E-state index >= 15 is 0 Å². The van der Waals surface area contributed by atoms with Crippen molar-refractivity contribution in [3.63, 3.8) is 0 Å². The molecule has 6 rings (SSSR count). The highest BCUT2D eigenvalue weighted by atomic mass is 35.5. The molecule has 0 radical (unpaired) electrons. The molecule has 46 heavy (non-hydrogen) atoms. The number of halogens is 2. The smallest absolute Gasteiger partial charge is 0.303 e. The molecule has 2 heterocycles. The van der Waals surface area contributed by atoms with E-state index in [0.717, 1.165) is 38.1 Å². The fourth-order valence-corrected chi connectivity index (χ4v) is 7.68. The summed E-state index contributed by atoms with van der Waals surface area (Å²) in [5.41, 5.74) is 7.36. The lowest BCUT2D eigenvalue weighted by Gasteiger charge is -2.21. The molecule has 0 spiro atoms.